The second-order valence-corrected chi connectivity index (χ2v) is 30.7. The van der Waals surface area contributed by atoms with Crippen LogP contribution in [0.2, 0.25) is 0 Å². The number of phenolic OH excluding ortho intramolecular Hbond substituents is 2. The van der Waals surface area contributed by atoms with Crippen LogP contribution in [0.3, 0.4) is 0 Å². The van der Waals surface area contributed by atoms with E-state index in [0.29, 0.717) is 22.8 Å². The van der Waals surface area contributed by atoms with Crippen molar-refractivity contribution in [3.05, 3.63) is 58.7 Å². The van der Waals surface area contributed by atoms with Gasteiger partial charge in [0, 0.05) is 0 Å². The van der Waals surface area contributed by atoms with Crippen molar-refractivity contribution in [2.45, 2.75) is 33.3 Å². The molecule has 0 amide bonds. The molecule has 1 spiro atoms. The summed E-state index contributed by atoms with van der Waals surface area (Å²) in [5, 5.41) is 22.9. The summed E-state index contributed by atoms with van der Waals surface area (Å²) in [6.07, 6.45) is 0. The first kappa shape index (κ1) is 34.5. The standard InChI is InChI=1S/C20H8O5.4C2H4O2.4Hg/c21-11-5-7-15-17(9-11)24-18-10-12(22)6-8-16(18)20(15)14-4-2-1-3-13(14)19(23)25-20;4*1-2(3)4;;;;/h1-4,7-8,21-22H;4*1H3,(H,3,4);;;;/q;;;;;4*+1/p-4. The molecule has 0 aliphatic carbocycles. The Morgan fingerprint density at radius 3 is 1.53 bits per heavy atom. The molecule has 2 N–H and O–H groups in total. The molecule has 45 heavy (non-hydrogen) atoms. The molecule has 2 heterocycles. The van der Waals surface area contributed by atoms with E-state index in [9.17, 15) is 34.2 Å². The number of benzene rings is 3. The van der Waals surface area contributed by atoms with Crippen molar-refractivity contribution < 1.29 is 154 Å². The maximum atomic E-state index is 13.5. The summed E-state index contributed by atoms with van der Waals surface area (Å²) in [7, 11) is 0. The van der Waals surface area contributed by atoms with Gasteiger partial charge in [0.1, 0.15) is 0 Å². The molecule has 2 aliphatic heterocycles. The van der Waals surface area contributed by atoms with E-state index < -0.39 is 136 Å². The van der Waals surface area contributed by atoms with Crippen molar-refractivity contribution in [1.29, 1.82) is 0 Å². The molecule has 0 aromatic heterocycles. The van der Waals surface area contributed by atoms with Crippen LogP contribution in [0.25, 0.3) is 0 Å². The molecule has 3 aromatic rings. The molecule has 2 aliphatic rings. The van der Waals surface area contributed by atoms with E-state index in [2.05, 4.69) is 0 Å². The predicted molar refractivity (Wildman–Crippen MR) is 134 cm³/mol. The van der Waals surface area contributed by atoms with Gasteiger partial charge in [0.25, 0.3) is 0 Å². The molecule has 218 valence electrons. The van der Waals surface area contributed by atoms with Crippen LogP contribution in [0.5, 0.6) is 23.0 Å². The molecule has 17 heteroatoms. The second kappa shape index (κ2) is 14.1. The molecule has 0 saturated carbocycles. The van der Waals surface area contributed by atoms with Crippen molar-refractivity contribution in [2.75, 3.05) is 0 Å². The van der Waals surface area contributed by atoms with Crippen LogP contribution in [-0.2, 0) is 140 Å². The van der Waals surface area contributed by atoms with Gasteiger partial charge in [0.15, 0.2) is 0 Å². The Morgan fingerprint density at radius 1 is 0.667 bits per heavy atom. The first-order valence-corrected chi connectivity index (χ1v) is 33.6. The summed E-state index contributed by atoms with van der Waals surface area (Å²) < 4.78 is 36.0. The van der Waals surface area contributed by atoms with E-state index in [1.54, 1.807) is 36.4 Å². The third-order valence-electron chi connectivity index (χ3n) is 7.29. The zero-order valence-electron chi connectivity index (χ0n) is 24.7. The number of carbonyl (C=O) groups excluding carboxylic acids is 5. The molecular weight excluding hydrogens is 1350 g/mol. The van der Waals surface area contributed by atoms with Gasteiger partial charge in [-0.2, -0.15) is 0 Å². The van der Waals surface area contributed by atoms with Crippen LogP contribution in [0.1, 0.15) is 54.7 Å². The number of rotatable bonds is 8. The summed E-state index contributed by atoms with van der Waals surface area (Å²) in [6, 6.07) is 9.97. The van der Waals surface area contributed by atoms with E-state index >= 15 is 0 Å². The molecule has 3 aromatic carbocycles. The van der Waals surface area contributed by atoms with Gasteiger partial charge in [-0.25, -0.2) is 0 Å². The Balaban J connectivity index is 1.89. The van der Waals surface area contributed by atoms with Gasteiger partial charge >= 0.3 is 311 Å². The van der Waals surface area contributed by atoms with Gasteiger partial charge in [0.2, 0.25) is 0 Å². The molecule has 0 saturated heterocycles. The number of aromatic hydroxyl groups is 2. The third kappa shape index (κ3) is 6.77. The number of hydrogen-bond acceptors (Lipinski definition) is 13. The molecule has 13 nitrogen and oxygen atoms in total. The zero-order valence-corrected chi connectivity index (χ0v) is 46.7. The summed E-state index contributed by atoms with van der Waals surface area (Å²) in [5.41, 5.74) is -0.301. The van der Waals surface area contributed by atoms with Crippen LogP contribution in [0.15, 0.2) is 36.4 Å². The van der Waals surface area contributed by atoms with Gasteiger partial charge in [-0.1, -0.05) is 0 Å². The molecular formula is C28H20Hg4O13. The second-order valence-electron chi connectivity index (χ2n) is 10.3. The Hall–Kier alpha value is -1.85. The van der Waals surface area contributed by atoms with Gasteiger partial charge in [-0.05, 0) is 0 Å². The number of ether oxygens (including phenoxy) is 2. The molecule has 0 bridgehead atoms. The monoisotopic (exact) mass is 1370 g/mol. The van der Waals surface area contributed by atoms with Crippen LogP contribution >= 0.6 is 0 Å². The van der Waals surface area contributed by atoms with Gasteiger partial charge in [0.05, 0.1) is 0 Å². The quantitative estimate of drug-likeness (QED) is 0.234. The number of hydrogen-bond donors (Lipinski definition) is 2. The van der Waals surface area contributed by atoms with Crippen molar-refractivity contribution in [3.63, 3.8) is 0 Å². The summed E-state index contributed by atoms with van der Waals surface area (Å²) in [4.78, 5) is 60.9. The van der Waals surface area contributed by atoms with Crippen LogP contribution in [0.4, 0.5) is 0 Å². The topological polar surface area (TPSA) is 181 Å². The Bertz CT molecular complexity index is 1690. The number of fused-ring (bicyclic) bond motifs is 6. The fourth-order valence-electron chi connectivity index (χ4n) is 5.36. The van der Waals surface area contributed by atoms with Crippen molar-refractivity contribution in [2.24, 2.45) is 0 Å². The molecule has 0 fully saturated rings. The van der Waals surface area contributed by atoms with Crippen LogP contribution < -0.4 is 17.0 Å². The van der Waals surface area contributed by atoms with Gasteiger partial charge in [-0.3, -0.25) is 0 Å². The van der Waals surface area contributed by atoms with Crippen molar-refractivity contribution in [1.82, 2.24) is 0 Å². The first-order chi connectivity index (χ1) is 21.3. The number of carbonyl (C=O) groups is 5. The third-order valence-corrected chi connectivity index (χ3v) is 29.8. The molecule has 0 radical (unpaired) electrons. The Morgan fingerprint density at radius 2 is 1.09 bits per heavy atom. The maximum absolute atomic E-state index is 13.5. The molecule has 5 rings (SSSR count). The molecule has 0 atom stereocenters. The minimum absolute atomic E-state index is 0.0987. The summed E-state index contributed by atoms with van der Waals surface area (Å²) >= 11 is -11.6. The van der Waals surface area contributed by atoms with E-state index in [0.717, 1.165) is 0 Å². The van der Waals surface area contributed by atoms with E-state index in [1.807, 2.05) is 0 Å². The van der Waals surface area contributed by atoms with Gasteiger partial charge in [-0.15, -0.1) is 0 Å². The average molecular weight is 1370 g/mol. The Kier molecular flexibility index (Phi) is 10.8. The minimum atomic E-state index is -2.99. The van der Waals surface area contributed by atoms with Crippen molar-refractivity contribution >= 4 is 42.1 Å². The van der Waals surface area contributed by atoms with E-state index in [-0.39, 0.29) is 34.7 Å². The van der Waals surface area contributed by atoms with Crippen molar-refractivity contribution in [3.8, 4) is 23.0 Å². The van der Waals surface area contributed by atoms with Gasteiger partial charge < -0.3 is 0 Å². The fraction of sp³-hybridized carbons (Fsp3) is 0.179. The number of phenols is 2. The van der Waals surface area contributed by atoms with Crippen LogP contribution in [0, 0.1) is 0 Å². The van der Waals surface area contributed by atoms with E-state index in [1.165, 1.54) is 27.7 Å². The molecule has 0 unspecified atom stereocenters. The Labute approximate surface area is 307 Å². The summed E-state index contributed by atoms with van der Waals surface area (Å²) in [6.45, 7) is 5.04. The zero-order chi connectivity index (χ0) is 32.6. The summed E-state index contributed by atoms with van der Waals surface area (Å²) in [5.74, 6) is -2.94. The average Bonchev–Trinajstić information content (AvgIpc) is 3.27. The normalized spacial score (nSPS) is 12.8. The van der Waals surface area contributed by atoms with E-state index in [4.69, 9.17) is 20.1 Å². The SMILES string of the molecule is CC(=O)[O][Hg][c]1cc2c([c]([Hg][O]C(C)=O)c1O)Oc1c(c[c]([Hg][O]C(C)=O)c(O)[c]1[Hg][O]C(C)=O)C21OC(=O)c2ccccc21. The number of esters is 1. The predicted octanol–water partition coefficient (Wildman–Crippen LogP) is 0.409. The first-order valence-electron chi connectivity index (χ1n) is 13.7. The fourth-order valence-corrected chi connectivity index (χ4v) is 29.3. The van der Waals surface area contributed by atoms with Crippen LogP contribution in [-0.4, -0.2) is 40.1 Å².